The molecule has 5 nitrogen and oxygen atoms in total. The molecule has 0 fully saturated rings. The van der Waals surface area contributed by atoms with E-state index in [1.165, 1.54) is 11.9 Å². The first-order valence-electron chi connectivity index (χ1n) is 5.73. The maximum Gasteiger partial charge on any atom is 0.323 e. The fourth-order valence-electron chi connectivity index (χ4n) is 1.41. The summed E-state index contributed by atoms with van der Waals surface area (Å²) < 4.78 is 5.43. The van der Waals surface area contributed by atoms with Gasteiger partial charge in [-0.2, -0.15) is 0 Å². The van der Waals surface area contributed by atoms with Crippen LogP contribution in [-0.2, 0) is 9.59 Å². The van der Waals surface area contributed by atoms with Crippen LogP contribution in [-0.4, -0.2) is 42.1 Å². The molecule has 0 aromatic heterocycles. The van der Waals surface area contributed by atoms with E-state index in [-0.39, 0.29) is 18.9 Å². The van der Waals surface area contributed by atoms with Crippen LogP contribution < -0.4 is 4.74 Å². The van der Waals surface area contributed by atoms with Crippen LogP contribution in [0.5, 0.6) is 5.75 Å². The molecular formula is C13H17NO4. The minimum atomic E-state index is -1.01. The molecule has 0 aliphatic rings. The number of para-hydroxylation sites is 1. The van der Waals surface area contributed by atoms with E-state index in [2.05, 4.69) is 0 Å². The normalized spacial score (nSPS) is 9.83. The number of carbonyl (C=O) groups is 2. The largest absolute Gasteiger partial charge is 0.494 e. The van der Waals surface area contributed by atoms with Gasteiger partial charge in [-0.25, -0.2) is 0 Å². The third-order valence-corrected chi connectivity index (χ3v) is 2.35. The number of amides is 1. The number of carbonyl (C=O) groups excluding carboxylic acids is 1. The molecule has 0 bridgehead atoms. The van der Waals surface area contributed by atoms with Crippen molar-refractivity contribution in [2.75, 3.05) is 20.2 Å². The quantitative estimate of drug-likeness (QED) is 0.744. The molecule has 98 valence electrons. The van der Waals surface area contributed by atoms with Crippen molar-refractivity contribution in [1.29, 1.82) is 0 Å². The summed E-state index contributed by atoms with van der Waals surface area (Å²) in [6, 6.07) is 9.34. The molecule has 1 aromatic carbocycles. The van der Waals surface area contributed by atoms with E-state index in [0.717, 1.165) is 5.75 Å². The Morgan fingerprint density at radius 3 is 2.56 bits per heavy atom. The lowest BCUT2D eigenvalue weighted by atomic mass is 10.3. The SMILES string of the molecule is CN(CC(=O)O)C(=O)CCCOc1ccccc1. The Morgan fingerprint density at radius 1 is 1.28 bits per heavy atom. The van der Waals surface area contributed by atoms with Gasteiger partial charge in [-0.1, -0.05) is 18.2 Å². The number of hydrogen-bond donors (Lipinski definition) is 1. The van der Waals surface area contributed by atoms with Crippen LogP contribution in [0.15, 0.2) is 30.3 Å². The maximum absolute atomic E-state index is 11.5. The standard InChI is InChI=1S/C13H17NO4/c1-14(10-13(16)17)12(15)8-5-9-18-11-6-3-2-4-7-11/h2-4,6-7H,5,8-10H2,1H3,(H,16,17). The highest BCUT2D eigenvalue weighted by Gasteiger charge is 2.11. The third kappa shape index (κ3) is 5.34. The van der Waals surface area contributed by atoms with Gasteiger partial charge in [0, 0.05) is 13.5 Å². The monoisotopic (exact) mass is 251 g/mol. The zero-order chi connectivity index (χ0) is 13.4. The highest BCUT2D eigenvalue weighted by molar-refractivity contribution is 5.80. The van der Waals surface area contributed by atoms with Gasteiger partial charge in [0.15, 0.2) is 0 Å². The van der Waals surface area contributed by atoms with Crippen molar-refractivity contribution < 1.29 is 19.4 Å². The number of hydrogen-bond acceptors (Lipinski definition) is 3. The molecule has 1 N–H and O–H groups in total. The van der Waals surface area contributed by atoms with Gasteiger partial charge in [0.25, 0.3) is 0 Å². The number of rotatable bonds is 7. The molecule has 1 rings (SSSR count). The van der Waals surface area contributed by atoms with E-state index < -0.39 is 5.97 Å². The smallest absolute Gasteiger partial charge is 0.323 e. The van der Waals surface area contributed by atoms with Crippen LogP contribution in [0, 0.1) is 0 Å². The van der Waals surface area contributed by atoms with Crippen molar-refractivity contribution in [1.82, 2.24) is 4.90 Å². The van der Waals surface area contributed by atoms with Crippen molar-refractivity contribution in [3.8, 4) is 5.75 Å². The summed E-state index contributed by atoms with van der Waals surface area (Å²) in [5.74, 6) is -0.427. The predicted octanol–water partition coefficient (Wildman–Crippen LogP) is 1.39. The van der Waals surface area contributed by atoms with Crippen molar-refractivity contribution in [2.45, 2.75) is 12.8 Å². The molecule has 5 heteroatoms. The first-order chi connectivity index (χ1) is 8.59. The van der Waals surface area contributed by atoms with Crippen molar-refractivity contribution in [3.63, 3.8) is 0 Å². The van der Waals surface area contributed by atoms with E-state index in [1.54, 1.807) is 0 Å². The van der Waals surface area contributed by atoms with Gasteiger partial charge in [-0.05, 0) is 18.6 Å². The first kappa shape index (κ1) is 14.0. The van der Waals surface area contributed by atoms with Gasteiger partial charge in [0.1, 0.15) is 12.3 Å². The van der Waals surface area contributed by atoms with Gasteiger partial charge in [-0.15, -0.1) is 0 Å². The van der Waals surface area contributed by atoms with Crippen LogP contribution in [0.2, 0.25) is 0 Å². The number of benzene rings is 1. The van der Waals surface area contributed by atoms with Gasteiger partial charge in [0.2, 0.25) is 5.91 Å². The molecule has 18 heavy (non-hydrogen) atoms. The molecule has 1 amide bonds. The average molecular weight is 251 g/mol. The lowest BCUT2D eigenvalue weighted by Crippen LogP contribution is -2.31. The van der Waals surface area contributed by atoms with E-state index >= 15 is 0 Å². The molecule has 0 aliphatic heterocycles. The molecule has 0 saturated heterocycles. The topological polar surface area (TPSA) is 66.8 Å². The van der Waals surface area contributed by atoms with Crippen LogP contribution in [0.4, 0.5) is 0 Å². The Hall–Kier alpha value is -2.04. The van der Waals surface area contributed by atoms with E-state index in [1.807, 2.05) is 30.3 Å². The molecule has 0 heterocycles. The Balaban J connectivity index is 2.18. The maximum atomic E-state index is 11.5. The fourth-order valence-corrected chi connectivity index (χ4v) is 1.41. The van der Waals surface area contributed by atoms with E-state index in [9.17, 15) is 9.59 Å². The second-order valence-electron chi connectivity index (χ2n) is 3.91. The van der Waals surface area contributed by atoms with Crippen LogP contribution >= 0.6 is 0 Å². The minimum absolute atomic E-state index is 0.186. The van der Waals surface area contributed by atoms with Crippen LogP contribution in [0.25, 0.3) is 0 Å². The van der Waals surface area contributed by atoms with E-state index in [0.29, 0.717) is 13.0 Å². The highest BCUT2D eigenvalue weighted by atomic mass is 16.5. The van der Waals surface area contributed by atoms with Crippen molar-refractivity contribution in [3.05, 3.63) is 30.3 Å². The number of carboxylic acid groups (broad SMARTS) is 1. The minimum Gasteiger partial charge on any atom is -0.494 e. The number of likely N-dealkylation sites (N-methyl/N-ethyl adjacent to an activating group) is 1. The lowest BCUT2D eigenvalue weighted by Gasteiger charge is -2.14. The summed E-state index contributed by atoms with van der Waals surface area (Å²) in [5, 5.41) is 8.53. The van der Waals surface area contributed by atoms with Crippen molar-refractivity contribution in [2.24, 2.45) is 0 Å². The molecule has 0 atom stereocenters. The van der Waals surface area contributed by atoms with Crippen LogP contribution in [0.3, 0.4) is 0 Å². The molecule has 0 radical (unpaired) electrons. The summed E-state index contributed by atoms with van der Waals surface area (Å²) in [6.07, 6.45) is 0.855. The molecule has 0 unspecified atom stereocenters. The highest BCUT2D eigenvalue weighted by Crippen LogP contribution is 2.09. The Morgan fingerprint density at radius 2 is 1.94 bits per heavy atom. The Bertz CT molecular complexity index is 391. The zero-order valence-electron chi connectivity index (χ0n) is 10.3. The third-order valence-electron chi connectivity index (χ3n) is 2.35. The zero-order valence-corrected chi connectivity index (χ0v) is 10.3. The summed E-state index contributed by atoms with van der Waals surface area (Å²) in [7, 11) is 1.48. The second-order valence-corrected chi connectivity index (χ2v) is 3.91. The van der Waals surface area contributed by atoms with Gasteiger partial charge < -0.3 is 14.7 Å². The lowest BCUT2D eigenvalue weighted by molar-refractivity contribution is -0.143. The predicted molar refractivity (Wildman–Crippen MR) is 66.4 cm³/mol. The molecule has 0 spiro atoms. The summed E-state index contributed by atoms with van der Waals surface area (Å²) in [5.41, 5.74) is 0. The Labute approximate surface area is 106 Å². The van der Waals surface area contributed by atoms with Crippen molar-refractivity contribution >= 4 is 11.9 Å². The Kier molecular flexibility index (Phi) is 5.70. The van der Waals surface area contributed by atoms with Crippen LogP contribution in [0.1, 0.15) is 12.8 Å². The van der Waals surface area contributed by atoms with Gasteiger partial charge >= 0.3 is 5.97 Å². The number of aliphatic carboxylic acids is 1. The summed E-state index contributed by atoms with van der Waals surface area (Å²) in [6.45, 7) is 0.176. The first-order valence-corrected chi connectivity index (χ1v) is 5.73. The molecule has 1 aromatic rings. The molecular weight excluding hydrogens is 234 g/mol. The second kappa shape index (κ2) is 7.32. The molecule has 0 saturated carbocycles. The van der Waals surface area contributed by atoms with E-state index in [4.69, 9.17) is 9.84 Å². The summed E-state index contributed by atoms with van der Waals surface area (Å²) in [4.78, 5) is 23.1. The average Bonchev–Trinajstić information content (AvgIpc) is 2.34. The fraction of sp³-hybridized carbons (Fsp3) is 0.385. The summed E-state index contributed by atoms with van der Waals surface area (Å²) >= 11 is 0. The number of nitrogens with zero attached hydrogens (tertiary/aromatic N) is 1. The number of carboxylic acids is 1. The number of ether oxygens (including phenoxy) is 1. The van der Waals surface area contributed by atoms with Gasteiger partial charge in [-0.3, -0.25) is 9.59 Å². The molecule has 0 aliphatic carbocycles. The van der Waals surface area contributed by atoms with Gasteiger partial charge in [0.05, 0.1) is 6.61 Å².